The standard InChI is InChI=1S/C25H28BrFN8O2/c1-25(15-10-29-34(3)12-15)14-33(2)17-6-7-22(31-24(17)32-25)35(13-21-28-11-20(26)30-21)18-8-16(36-4)9-19(37-5)23(18)27/h6-12H,13-14H2,1-5H3,(H,28,30)(H,31,32). The Morgan fingerprint density at radius 1 is 1.19 bits per heavy atom. The Hall–Kier alpha value is -3.80. The second kappa shape index (κ2) is 9.58. The third-order valence-corrected chi connectivity index (χ3v) is 6.89. The van der Waals surface area contributed by atoms with E-state index in [1.807, 2.05) is 38.6 Å². The Kier molecular flexibility index (Phi) is 6.44. The summed E-state index contributed by atoms with van der Waals surface area (Å²) >= 11 is 3.40. The molecule has 0 fully saturated rings. The number of nitrogens with one attached hydrogen (secondary N) is 2. The van der Waals surface area contributed by atoms with E-state index in [1.54, 1.807) is 21.8 Å². The van der Waals surface area contributed by atoms with E-state index in [2.05, 4.69) is 48.1 Å². The predicted molar refractivity (Wildman–Crippen MR) is 143 cm³/mol. The zero-order valence-electron chi connectivity index (χ0n) is 21.2. The molecule has 1 unspecified atom stereocenters. The molecule has 1 atom stereocenters. The van der Waals surface area contributed by atoms with Gasteiger partial charge in [-0.2, -0.15) is 5.10 Å². The van der Waals surface area contributed by atoms with Gasteiger partial charge in [0.25, 0.3) is 0 Å². The van der Waals surface area contributed by atoms with E-state index in [9.17, 15) is 0 Å². The van der Waals surface area contributed by atoms with E-state index in [0.29, 0.717) is 23.2 Å². The van der Waals surface area contributed by atoms with Crippen LogP contribution in [0.25, 0.3) is 0 Å². The van der Waals surface area contributed by atoms with Crippen molar-refractivity contribution < 1.29 is 13.9 Å². The number of hydrogen-bond donors (Lipinski definition) is 2. The number of nitrogens with zero attached hydrogens (tertiary/aromatic N) is 6. The second-order valence-corrected chi connectivity index (χ2v) is 10.0. The number of aromatic nitrogens is 5. The third-order valence-electron chi connectivity index (χ3n) is 6.48. The van der Waals surface area contributed by atoms with Crippen molar-refractivity contribution in [1.29, 1.82) is 0 Å². The number of aromatic amines is 1. The number of hydrogen-bond acceptors (Lipinski definition) is 8. The fourth-order valence-electron chi connectivity index (χ4n) is 4.60. The van der Waals surface area contributed by atoms with Gasteiger partial charge in [-0.3, -0.25) is 4.68 Å². The Balaban J connectivity index is 1.61. The summed E-state index contributed by atoms with van der Waals surface area (Å²) < 4.78 is 28.9. The number of aryl methyl sites for hydroxylation is 1. The van der Waals surface area contributed by atoms with Crippen LogP contribution < -0.4 is 24.6 Å². The predicted octanol–water partition coefficient (Wildman–Crippen LogP) is 4.57. The van der Waals surface area contributed by atoms with Gasteiger partial charge in [0.1, 0.15) is 22.0 Å². The molecular weight excluding hydrogens is 543 g/mol. The summed E-state index contributed by atoms with van der Waals surface area (Å²) in [6.45, 7) is 3.06. The highest BCUT2D eigenvalue weighted by atomic mass is 79.9. The molecule has 10 nitrogen and oxygen atoms in total. The lowest BCUT2D eigenvalue weighted by atomic mass is 9.92. The molecular formula is C25H28BrFN8O2. The first-order chi connectivity index (χ1) is 17.7. The molecule has 2 N–H and O–H groups in total. The van der Waals surface area contributed by atoms with Gasteiger partial charge in [0, 0.05) is 44.5 Å². The number of pyridine rings is 1. The van der Waals surface area contributed by atoms with Gasteiger partial charge in [-0.1, -0.05) is 0 Å². The second-order valence-electron chi connectivity index (χ2n) is 9.18. The fraction of sp³-hybridized carbons (Fsp3) is 0.320. The van der Waals surface area contributed by atoms with Crippen LogP contribution in [0.3, 0.4) is 0 Å². The number of H-pyrrole nitrogens is 1. The smallest absolute Gasteiger partial charge is 0.188 e. The van der Waals surface area contributed by atoms with Crippen LogP contribution in [0.5, 0.6) is 11.5 Å². The Morgan fingerprint density at radius 3 is 2.65 bits per heavy atom. The van der Waals surface area contributed by atoms with Crippen LogP contribution in [0.2, 0.25) is 0 Å². The minimum absolute atomic E-state index is 0.0694. The van der Waals surface area contributed by atoms with Crippen molar-refractivity contribution in [3.63, 3.8) is 0 Å². The van der Waals surface area contributed by atoms with Crippen LogP contribution in [-0.4, -0.2) is 52.5 Å². The minimum atomic E-state index is -0.529. The molecule has 4 aromatic rings. The molecule has 0 saturated heterocycles. The van der Waals surface area contributed by atoms with Gasteiger partial charge in [-0.15, -0.1) is 0 Å². The van der Waals surface area contributed by atoms with E-state index in [1.165, 1.54) is 20.3 Å². The zero-order valence-corrected chi connectivity index (χ0v) is 22.8. The normalized spacial score (nSPS) is 16.8. The summed E-state index contributed by atoms with van der Waals surface area (Å²) in [5.74, 6) is 1.82. The monoisotopic (exact) mass is 570 g/mol. The summed E-state index contributed by atoms with van der Waals surface area (Å²) in [4.78, 5) is 16.4. The van der Waals surface area contributed by atoms with Crippen molar-refractivity contribution in [3.8, 4) is 11.5 Å². The molecule has 37 heavy (non-hydrogen) atoms. The molecule has 1 aromatic carbocycles. The fourth-order valence-corrected chi connectivity index (χ4v) is 4.93. The number of benzene rings is 1. The quantitative estimate of drug-likeness (QED) is 0.333. The molecule has 0 amide bonds. The highest BCUT2D eigenvalue weighted by Gasteiger charge is 2.36. The van der Waals surface area contributed by atoms with Gasteiger partial charge in [0.15, 0.2) is 17.4 Å². The minimum Gasteiger partial charge on any atom is -0.497 e. The molecule has 194 valence electrons. The summed E-state index contributed by atoms with van der Waals surface area (Å²) in [6.07, 6.45) is 5.51. The molecule has 0 radical (unpaired) electrons. The number of rotatable bonds is 7. The van der Waals surface area contributed by atoms with Crippen LogP contribution in [0.1, 0.15) is 18.3 Å². The lowest BCUT2D eigenvalue weighted by Crippen LogP contribution is -2.47. The van der Waals surface area contributed by atoms with Crippen molar-refractivity contribution in [1.82, 2.24) is 24.7 Å². The topological polar surface area (TPSA) is 96.4 Å². The molecule has 3 aromatic heterocycles. The first-order valence-electron chi connectivity index (χ1n) is 11.6. The Morgan fingerprint density at radius 2 is 2.00 bits per heavy atom. The van der Waals surface area contributed by atoms with Crippen molar-refractivity contribution >= 4 is 38.9 Å². The lowest BCUT2D eigenvalue weighted by molar-refractivity contribution is 0.374. The molecule has 0 saturated carbocycles. The number of likely N-dealkylation sites (N-methyl/N-ethyl adjacent to an activating group) is 1. The molecule has 0 aliphatic carbocycles. The largest absolute Gasteiger partial charge is 0.497 e. The van der Waals surface area contributed by atoms with Crippen LogP contribution in [-0.2, 0) is 19.1 Å². The van der Waals surface area contributed by atoms with Gasteiger partial charge < -0.3 is 29.6 Å². The number of methoxy groups -OCH3 is 2. The highest BCUT2D eigenvalue weighted by molar-refractivity contribution is 9.10. The van der Waals surface area contributed by atoms with E-state index in [4.69, 9.17) is 14.5 Å². The maximum absolute atomic E-state index is 15.7. The molecule has 1 aliphatic rings. The Bertz CT molecular complexity index is 1440. The van der Waals surface area contributed by atoms with Crippen LogP contribution >= 0.6 is 15.9 Å². The van der Waals surface area contributed by atoms with E-state index in [0.717, 1.165) is 22.4 Å². The van der Waals surface area contributed by atoms with Crippen LogP contribution in [0.4, 0.5) is 27.4 Å². The van der Waals surface area contributed by atoms with Gasteiger partial charge in [-0.25, -0.2) is 14.4 Å². The van der Waals surface area contributed by atoms with Gasteiger partial charge in [0.05, 0.1) is 50.1 Å². The number of anilines is 4. The van der Waals surface area contributed by atoms with E-state index >= 15 is 4.39 Å². The van der Waals surface area contributed by atoms with Gasteiger partial charge >= 0.3 is 0 Å². The molecule has 0 spiro atoms. The summed E-state index contributed by atoms with van der Waals surface area (Å²) in [7, 11) is 6.87. The number of fused-ring (bicyclic) bond motifs is 1. The lowest BCUT2D eigenvalue weighted by Gasteiger charge is -2.41. The van der Waals surface area contributed by atoms with Crippen molar-refractivity contribution in [2.45, 2.75) is 19.0 Å². The average Bonchev–Trinajstić information content (AvgIpc) is 3.50. The highest BCUT2D eigenvalue weighted by Crippen LogP contribution is 2.41. The number of imidazole rings is 1. The van der Waals surface area contributed by atoms with E-state index < -0.39 is 11.4 Å². The van der Waals surface area contributed by atoms with Crippen molar-refractivity contribution in [3.05, 3.63) is 64.7 Å². The zero-order chi connectivity index (χ0) is 26.3. The molecule has 12 heteroatoms. The van der Waals surface area contributed by atoms with Crippen molar-refractivity contribution in [2.75, 3.05) is 42.9 Å². The van der Waals surface area contributed by atoms with Gasteiger partial charge in [0.2, 0.25) is 0 Å². The molecule has 1 aliphatic heterocycles. The SMILES string of the molecule is COc1cc(OC)c(F)c(N(Cc2ncc(Br)[nH]2)c2ccc3c(n2)NC(C)(c2cnn(C)c2)CN3C)c1. The molecule has 5 rings (SSSR count). The van der Waals surface area contributed by atoms with Crippen molar-refractivity contribution in [2.24, 2.45) is 7.05 Å². The number of ether oxygens (including phenoxy) is 2. The summed E-state index contributed by atoms with van der Waals surface area (Å²) in [5.41, 5.74) is 1.80. The first kappa shape index (κ1) is 24.9. The first-order valence-corrected chi connectivity index (χ1v) is 12.4. The average molecular weight is 571 g/mol. The van der Waals surface area contributed by atoms with Crippen LogP contribution in [0.15, 0.2) is 47.5 Å². The van der Waals surface area contributed by atoms with E-state index in [-0.39, 0.29) is 18.0 Å². The summed E-state index contributed by atoms with van der Waals surface area (Å²) in [6, 6.07) is 6.98. The Labute approximate surface area is 222 Å². The summed E-state index contributed by atoms with van der Waals surface area (Å²) in [5, 5.41) is 7.95. The number of halogens is 2. The maximum Gasteiger partial charge on any atom is 0.188 e. The van der Waals surface area contributed by atoms with Crippen LogP contribution in [0, 0.1) is 5.82 Å². The molecule has 0 bridgehead atoms. The third kappa shape index (κ3) is 4.68. The maximum atomic E-state index is 15.7. The molecule has 4 heterocycles. The van der Waals surface area contributed by atoms with Gasteiger partial charge in [-0.05, 0) is 35.0 Å².